The smallest absolute Gasteiger partial charge is 0.282 e. The molecule has 5 nitrogen and oxygen atoms in total. The van der Waals surface area contributed by atoms with E-state index in [0.717, 1.165) is 42.0 Å². The van der Waals surface area contributed by atoms with Crippen molar-refractivity contribution in [3.63, 3.8) is 0 Å². The fourth-order valence-corrected chi connectivity index (χ4v) is 3.80. The minimum Gasteiger partial charge on any atom is -0.449 e. The molecular weight excluding hydrogens is 298 g/mol. The molecule has 0 saturated carbocycles. The van der Waals surface area contributed by atoms with Gasteiger partial charge in [-0.3, -0.25) is 4.79 Å². The van der Waals surface area contributed by atoms with Crippen LogP contribution in [0.5, 0.6) is 0 Å². The van der Waals surface area contributed by atoms with Gasteiger partial charge in [-0.1, -0.05) is 12.1 Å². The van der Waals surface area contributed by atoms with Crippen LogP contribution < -0.4 is 0 Å². The average molecular weight is 313 g/mol. The quantitative estimate of drug-likeness (QED) is 0.728. The zero-order valence-electron chi connectivity index (χ0n) is 11.9. The largest absolute Gasteiger partial charge is 0.449 e. The van der Waals surface area contributed by atoms with Crippen LogP contribution in [0.4, 0.5) is 0 Å². The molecule has 6 heteroatoms. The second kappa shape index (κ2) is 5.53. The number of hydrogen-bond acceptors (Lipinski definition) is 5. The number of carbonyl (C=O) groups is 1. The number of para-hydroxylation sites is 1. The van der Waals surface area contributed by atoms with Crippen LogP contribution in [0.2, 0.25) is 0 Å². The van der Waals surface area contributed by atoms with Gasteiger partial charge in [0.1, 0.15) is 6.26 Å². The lowest BCUT2D eigenvalue weighted by molar-refractivity contribution is 0.0706. The maximum Gasteiger partial charge on any atom is 0.282 e. The third kappa shape index (κ3) is 2.39. The summed E-state index contributed by atoms with van der Waals surface area (Å²) in [6.07, 6.45) is 5.05. The van der Waals surface area contributed by atoms with Gasteiger partial charge in [0.05, 0.1) is 16.4 Å². The topological polar surface area (TPSA) is 59.2 Å². The Labute approximate surface area is 131 Å². The Morgan fingerprint density at radius 3 is 2.82 bits per heavy atom. The van der Waals surface area contributed by atoms with E-state index in [0.29, 0.717) is 10.9 Å². The molecule has 1 saturated heterocycles. The Morgan fingerprint density at radius 2 is 2.09 bits per heavy atom. The molecule has 22 heavy (non-hydrogen) atoms. The fourth-order valence-electron chi connectivity index (χ4n) is 2.86. The van der Waals surface area contributed by atoms with E-state index in [1.165, 1.54) is 11.3 Å². The summed E-state index contributed by atoms with van der Waals surface area (Å²) in [5.74, 6) is 1.13. The van der Waals surface area contributed by atoms with E-state index in [1.807, 2.05) is 29.2 Å². The number of amides is 1. The number of hydrogen-bond donors (Lipinski definition) is 0. The van der Waals surface area contributed by atoms with E-state index in [2.05, 4.69) is 9.97 Å². The van der Waals surface area contributed by atoms with Crippen molar-refractivity contribution < 1.29 is 9.21 Å². The van der Waals surface area contributed by atoms with Crippen LogP contribution in [0, 0.1) is 0 Å². The molecule has 3 heterocycles. The van der Waals surface area contributed by atoms with Gasteiger partial charge in [-0.2, -0.15) is 0 Å². The molecule has 1 aliphatic heterocycles. The highest BCUT2D eigenvalue weighted by molar-refractivity contribution is 7.20. The Kier molecular flexibility index (Phi) is 3.38. The lowest BCUT2D eigenvalue weighted by atomic mass is 9.97. The number of oxazole rings is 1. The maximum atomic E-state index is 12.6. The number of nitrogens with zero attached hydrogens (tertiary/aromatic N) is 3. The SMILES string of the molecule is O=C(c1nc2ccccc2s1)N1CCC(c2ncco2)CC1. The molecule has 0 N–H and O–H groups in total. The molecule has 4 rings (SSSR count). The summed E-state index contributed by atoms with van der Waals surface area (Å²) < 4.78 is 6.42. The van der Waals surface area contributed by atoms with Gasteiger partial charge in [0, 0.05) is 19.0 Å². The van der Waals surface area contributed by atoms with Crippen molar-refractivity contribution in [2.75, 3.05) is 13.1 Å². The van der Waals surface area contributed by atoms with Crippen molar-refractivity contribution in [2.24, 2.45) is 0 Å². The standard InChI is InChI=1S/C16H15N3O2S/c20-16(15-18-12-3-1-2-4-13(12)22-15)19-8-5-11(6-9-19)14-17-7-10-21-14/h1-4,7,10-11H,5-6,8-9H2. The van der Waals surface area contributed by atoms with Crippen molar-refractivity contribution in [3.8, 4) is 0 Å². The number of piperidine rings is 1. The van der Waals surface area contributed by atoms with Crippen LogP contribution in [0.1, 0.15) is 34.5 Å². The predicted octanol–water partition coefficient (Wildman–Crippen LogP) is 3.30. The Hall–Kier alpha value is -2.21. The highest BCUT2D eigenvalue weighted by atomic mass is 32.1. The van der Waals surface area contributed by atoms with E-state index in [-0.39, 0.29) is 5.91 Å². The molecule has 2 aromatic heterocycles. The van der Waals surface area contributed by atoms with Crippen LogP contribution in [0.3, 0.4) is 0 Å². The molecule has 0 atom stereocenters. The van der Waals surface area contributed by atoms with Crippen LogP contribution in [0.25, 0.3) is 10.2 Å². The van der Waals surface area contributed by atoms with E-state index < -0.39 is 0 Å². The van der Waals surface area contributed by atoms with Gasteiger partial charge in [0.2, 0.25) is 0 Å². The molecule has 3 aromatic rings. The highest BCUT2D eigenvalue weighted by Crippen LogP contribution is 2.29. The molecule has 0 aliphatic carbocycles. The number of aromatic nitrogens is 2. The number of likely N-dealkylation sites (tertiary alicyclic amines) is 1. The molecular formula is C16H15N3O2S. The number of rotatable bonds is 2. The molecule has 1 aliphatic rings. The zero-order valence-corrected chi connectivity index (χ0v) is 12.8. The average Bonchev–Trinajstić information content (AvgIpc) is 3.23. The Balaban J connectivity index is 1.47. The van der Waals surface area contributed by atoms with Gasteiger partial charge in [-0.05, 0) is 25.0 Å². The minimum atomic E-state index is 0.0343. The predicted molar refractivity (Wildman–Crippen MR) is 84.0 cm³/mol. The normalized spacial score (nSPS) is 16.3. The van der Waals surface area contributed by atoms with Crippen LogP contribution in [-0.2, 0) is 0 Å². The second-order valence-corrected chi connectivity index (χ2v) is 6.45. The summed E-state index contributed by atoms with van der Waals surface area (Å²) in [7, 11) is 0. The number of fused-ring (bicyclic) bond motifs is 1. The van der Waals surface area contributed by atoms with E-state index in [9.17, 15) is 4.79 Å². The van der Waals surface area contributed by atoms with Crippen molar-refractivity contribution >= 4 is 27.5 Å². The van der Waals surface area contributed by atoms with E-state index in [1.54, 1.807) is 12.5 Å². The Bertz CT molecular complexity index is 756. The van der Waals surface area contributed by atoms with Gasteiger partial charge < -0.3 is 9.32 Å². The fraction of sp³-hybridized carbons (Fsp3) is 0.312. The van der Waals surface area contributed by atoms with Gasteiger partial charge in [-0.25, -0.2) is 9.97 Å². The van der Waals surface area contributed by atoms with Crippen LogP contribution in [-0.4, -0.2) is 33.9 Å². The van der Waals surface area contributed by atoms with E-state index in [4.69, 9.17) is 4.42 Å². The van der Waals surface area contributed by atoms with Crippen molar-refractivity contribution in [1.82, 2.24) is 14.9 Å². The molecule has 0 spiro atoms. The van der Waals surface area contributed by atoms with Crippen molar-refractivity contribution in [2.45, 2.75) is 18.8 Å². The first kappa shape index (κ1) is 13.5. The summed E-state index contributed by atoms with van der Waals surface area (Å²) in [6, 6.07) is 7.85. The molecule has 1 aromatic carbocycles. The second-order valence-electron chi connectivity index (χ2n) is 5.42. The Morgan fingerprint density at radius 1 is 1.27 bits per heavy atom. The monoisotopic (exact) mass is 313 g/mol. The summed E-state index contributed by atoms with van der Waals surface area (Å²) in [5.41, 5.74) is 0.894. The number of thiazole rings is 1. The molecule has 1 amide bonds. The van der Waals surface area contributed by atoms with E-state index >= 15 is 0 Å². The van der Waals surface area contributed by atoms with Crippen molar-refractivity contribution in [1.29, 1.82) is 0 Å². The zero-order chi connectivity index (χ0) is 14.9. The summed E-state index contributed by atoms with van der Waals surface area (Å²) in [6.45, 7) is 1.45. The summed E-state index contributed by atoms with van der Waals surface area (Å²) in [4.78, 5) is 23.2. The number of carbonyl (C=O) groups excluding carboxylic acids is 1. The van der Waals surface area contributed by atoms with Gasteiger partial charge in [0.25, 0.3) is 5.91 Å². The molecule has 0 bridgehead atoms. The van der Waals surface area contributed by atoms with Crippen molar-refractivity contribution in [3.05, 3.63) is 47.6 Å². The van der Waals surface area contributed by atoms with Crippen LogP contribution in [0.15, 0.2) is 41.1 Å². The molecule has 1 fully saturated rings. The lowest BCUT2D eigenvalue weighted by Gasteiger charge is -2.29. The highest BCUT2D eigenvalue weighted by Gasteiger charge is 2.28. The molecule has 0 radical (unpaired) electrons. The molecule has 112 valence electrons. The van der Waals surface area contributed by atoms with Gasteiger partial charge >= 0.3 is 0 Å². The summed E-state index contributed by atoms with van der Waals surface area (Å²) in [5, 5.41) is 0.579. The molecule has 0 unspecified atom stereocenters. The lowest BCUT2D eigenvalue weighted by Crippen LogP contribution is -2.37. The summed E-state index contributed by atoms with van der Waals surface area (Å²) >= 11 is 1.46. The first-order valence-electron chi connectivity index (χ1n) is 7.35. The first-order chi connectivity index (χ1) is 10.8. The first-order valence-corrected chi connectivity index (χ1v) is 8.17. The van der Waals surface area contributed by atoms with Gasteiger partial charge in [0.15, 0.2) is 10.9 Å². The van der Waals surface area contributed by atoms with Crippen LogP contribution >= 0.6 is 11.3 Å². The third-order valence-corrected chi connectivity index (χ3v) is 5.08. The number of benzene rings is 1. The maximum absolute atomic E-state index is 12.6. The third-order valence-electron chi connectivity index (χ3n) is 4.06. The van der Waals surface area contributed by atoms with Gasteiger partial charge in [-0.15, -0.1) is 11.3 Å². The minimum absolute atomic E-state index is 0.0343.